The fourth-order valence-electron chi connectivity index (χ4n) is 1.47. The average Bonchev–Trinajstić information content (AvgIpc) is 2.42. The van der Waals surface area contributed by atoms with Crippen molar-refractivity contribution in [2.75, 3.05) is 11.9 Å². The van der Waals surface area contributed by atoms with Gasteiger partial charge in [0, 0.05) is 22.5 Å². The lowest BCUT2D eigenvalue weighted by Gasteiger charge is -2.04. The Morgan fingerprint density at radius 3 is 2.44 bits per heavy atom. The third-order valence-corrected chi connectivity index (χ3v) is 2.96. The van der Waals surface area contributed by atoms with E-state index < -0.39 is 0 Å². The smallest absolute Gasteiger partial charge is 0.222 e. The molecule has 0 saturated heterocycles. The summed E-state index contributed by atoms with van der Waals surface area (Å²) in [6, 6.07) is 9.70. The molecule has 1 N–H and O–H groups in total. The second-order valence-corrected chi connectivity index (χ2v) is 4.96. The maximum atomic E-state index is 8.70. The van der Waals surface area contributed by atoms with Crippen molar-refractivity contribution >= 4 is 28.5 Å². The first-order chi connectivity index (χ1) is 8.78. The Kier molecular flexibility index (Phi) is 4.47. The Labute approximate surface area is 119 Å². The van der Waals surface area contributed by atoms with E-state index in [0.717, 1.165) is 16.5 Å². The number of hydrogen-bond acceptors (Lipinski definition) is 4. The minimum Gasteiger partial charge on any atom is -0.354 e. The Balaban J connectivity index is 1.84. The summed E-state index contributed by atoms with van der Waals surface area (Å²) in [5.74, 6) is 0.643. The van der Waals surface area contributed by atoms with Gasteiger partial charge < -0.3 is 5.32 Å². The van der Waals surface area contributed by atoms with Crippen LogP contribution in [-0.2, 0) is 6.42 Å². The number of nitrogens with one attached hydrogen (secondary N) is 1. The van der Waals surface area contributed by atoms with Gasteiger partial charge >= 0.3 is 0 Å². The number of aromatic nitrogens is 2. The highest BCUT2D eigenvalue weighted by molar-refractivity contribution is 14.1. The van der Waals surface area contributed by atoms with Gasteiger partial charge in [0.1, 0.15) is 0 Å². The van der Waals surface area contributed by atoms with Gasteiger partial charge in [-0.3, -0.25) is 0 Å². The normalized spacial score (nSPS) is 9.78. The van der Waals surface area contributed by atoms with E-state index in [9.17, 15) is 0 Å². The molecule has 5 heteroatoms. The minimum absolute atomic E-state index is 0.643. The maximum absolute atomic E-state index is 8.70. The Bertz CT molecular complexity index is 543. The molecule has 1 aromatic heterocycles. The zero-order valence-corrected chi connectivity index (χ0v) is 11.8. The van der Waals surface area contributed by atoms with Gasteiger partial charge in [-0.25, -0.2) is 9.97 Å². The molecule has 0 fully saturated rings. The summed E-state index contributed by atoms with van der Waals surface area (Å²) >= 11 is 2.17. The first-order valence-corrected chi connectivity index (χ1v) is 6.56. The molecule has 2 rings (SSSR count). The predicted molar refractivity (Wildman–Crippen MR) is 78.1 cm³/mol. The van der Waals surface area contributed by atoms with E-state index in [1.165, 1.54) is 5.56 Å². The molecule has 2 aromatic rings. The van der Waals surface area contributed by atoms with Crippen LogP contribution in [0.3, 0.4) is 0 Å². The van der Waals surface area contributed by atoms with Crippen molar-refractivity contribution in [2.45, 2.75) is 6.42 Å². The summed E-state index contributed by atoms with van der Waals surface area (Å²) in [7, 11) is 0. The molecule has 0 aliphatic heterocycles. The van der Waals surface area contributed by atoms with Gasteiger partial charge in [0.15, 0.2) is 0 Å². The van der Waals surface area contributed by atoms with Gasteiger partial charge in [0.25, 0.3) is 0 Å². The quantitative estimate of drug-likeness (QED) is 0.862. The molecule has 0 radical (unpaired) electrons. The highest BCUT2D eigenvalue weighted by Gasteiger charge is 1.97. The second kappa shape index (κ2) is 6.31. The van der Waals surface area contributed by atoms with E-state index in [0.29, 0.717) is 11.5 Å². The molecule has 90 valence electrons. The number of nitriles is 1. The number of rotatable bonds is 4. The van der Waals surface area contributed by atoms with Gasteiger partial charge in [-0.2, -0.15) is 5.26 Å². The van der Waals surface area contributed by atoms with Crippen LogP contribution in [0.4, 0.5) is 5.95 Å². The second-order valence-electron chi connectivity index (χ2n) is 3.71. The Morgan fingerprint density at radius 1 is 1.17 bits per heavy atom. The number of anilines is 1. The lowest BCUT2D eigenvalue weighted by Crippen LogP contribution is -2.07. The molecule has 0 spiro atoms. The van der Waals surface area contributed by atoms with E-state index in [-0.39, 0.29) is 0 Å². The fraction of sp³-hybridized carbons (Fsp3) is 0.154. The third-order valence-electron chi connectivity index (χ3n) is 2.40. The van der Waals surface area contributed by atoms with E-state index in [4.69, 9.17) is 5.26 Å². The van der Waals surface area contributed by atoms with Crippen LogP contribution in [0.1, 0.15) is 11.1 Å². The third kappa shape index (κ3) is 3.67. The summed E-state index contributed by atoms with van der Waals surface area (Å²) in [6.07, 6.45) is 4.43. The van der Waals surface area contributed by atoms with Crippen LogP contribution in [0.5, 0.6) is 0 Å². The number of halogens is 1. The molecule has 18 heavy (non-hydrogen) atoms. The molecular weight excluding hydrogens is 339 g/mol. The maximum Gasteiger partial charge on any atom is 0.222 e. The number of benzene rings is 1. The van der Waals surface area contributed by atoms with E-state index in [2.05, 4.69) is 43.9 Å². The average molecular weight is 350 g/mol. The van der Waals surface area contributed by atoms with Crippen LogP contribution in [0, 0.1) is 14.9 Å². The highest BCUT2D eigenvalue weighted by atomic mass is 127. The first-order valence-electron chi connectivity index (χ1n) is 5.48. The highest BCUT2D eigenvalue weighted by Crippen LogP contribution is 2.05. The van der Waals surface area contributed by atoms with Gasteiger partial charge in [-0.15, -0.1) is 0 Å². The topological polar surface area (TPSA) is 61.6 Å². The SMILES string of the molecule is N#Cc1ccc(CCNc2ncc(I)cn2)cc1. The van der Waals surface area contributed by atoms with Gasteiger partial charge in [-0.05, 0) is 46.7 Å². The van der Waals surface area contributed by atoms with Gasteiger partial charge in [-0.1, -0.05) is 12.1 Å². The summed E-state index contributed by atoms with van der Waals surface area (Å²) in [4.78, 5) is 8.33. The van der Waals surface area contributed by atoms with Crippen molar-refractivity contribution in [1.29, 1.82) is 5.26 Å². The van der Waals surface area contributed by atoms with E-state index >= 15 is 0 Å². The molecule has 0 amide bonds. The van der Waals surface area contributed by atoms with Crippen LogP contribution >= 0.6 is 22.6 Å². The van der Waals surface area contributed by atoms with Crippen molar-refractivity contribution < 1.29 is 0 Å². The Hall–Kier alpha value is -1.68. The molecule has 0 saturated carbocycles. The van der Waals surface area contributed by atoms with Gasteiger partial charge in [0.05, 0.1) is 11.6 Å². The largest absolute Gasteiger partial charge is 0.354 e. The molecular formula is C13H11IN4. The van der Waals surface area contributed by atoms with Crippen molar-refractivity contribution in [1.82, 2.24) is 9.97 Å². The lowest BCUT2D eigenvalue weighted by atomic mass is 10.1. The van der Waals surface area contributed by atoms with Crippen molar-refractivity contribution in [2.24, 2.45) is 0 Å². The first kappa shape index (κ1) is 12.8. The molecule has 0 aliphatic carbocycles. The number of hydrogen-bond donors (Lipinski definition) is 1. The van der Waals surface area contributed by atoms with E-state index in [1.807, 2.05) is 24.3 Å². The fourth-order valence-corrected chi connectivity index (χ4v) is 1.75. The van der Waals surface area contributed by atoms with Crippen molar-refractivity contribution in [3.8, 4) is 6.07 Å². The standard InChI is InChI=1S/C13H11IN4/c14-12-8-17-13(18-9-12)16-6-5-10-1-3-11(7-15)4-2-10/h1-4,8-9H,5-6H2,(H,16,17,18). The molecule has 1 heterocycles. The molecule has 0 aliphatic rings. The molecule has 0 atom stereocenters. The summed E-state index contributed by atoms with van der Waals surface area (Å²) in [6.45, 7) is 0.770. The minimum atomic E-state index is 0.643. The summed E-state index contributed by atoms with van der Waals surface area (Å²) in [5, 5.41) is 11.9. The molecule has 1 aromatic carbocycles. The summed E-state index contributed by atoms with van der Waals surface area (Å²) < 4.78 is 1.02. The zero-order valence-electron chi connectivity index (χ0n) is 9.60. The van der Waals surface area contributed by atoms with Crippen LogP contribution in [-0.4, -0.2) is 16.5 Å². The van der Waals surface area contributed by atoms with Crippen LogP contribution < -0.4 is 5.32 Å². The van der Waals surface area contributed by atoms with Crippen LogP contribution in [0.15, 0.2) is 36.7 Å². The predicted octanol–water partition coefficient (Wildman–Crippen LogP) is 2.61. The Morgan fingerprint density at radius 2 is 1.83 bits per heavy atom. The van der Waals surface area contributed by atoms with Crippen molar-refractivity contribution in [3.05, 3.63) is 51.4 Å². The summed E-state index contributed by atoms with van der Waals surface area (Å²) in [5.41, 5.74) is 1.87. The van der Waals surface area contributed by atoms with Gasteiger partial charge in [0.2, 0.25) is 5.95 Å². The molecule has 4 nitrogen and oxygen atoms in total. The van der Waals surface area contributed by atoms with Crippen LogP contribution in [0.2, 0.25) is 0 Å². The molecule has 0 bridgehead atoms. The zero-order chi connectivity index (χ0) is 12.8. The van der Waals surface area contributed by atoms with E-state index in [1.54, 1.807) is 12.4 Å². The monoisotopic (exact) mass is 350 g/mol. The van der Waals surface area contributed by atoms with Crippen molar-refractivity contribution in [3.63, 3.8) is 0 Å². The molecule has 0 unspecified atom stereocenters. The van der Waals surface area contributed by atoms with Crippen LogP contribution in [0.25, 0.3) is 0 Å². The lowest BCUT2D eigenvalue weighted by molar-refractivity contribution is 0.981. The number of nitrogens with zero attached hydrogens (tertiary/aromatic N) is 3.